The number of benzene rings is 3. The van der Waals surface area contributed by atoms with Crippen LogP contribution in [0.15, 0.2) is 60.7 Å². The highest BCUT2D eigenvalue weighted by Crippen LogP contribution is 2.48. The Balaban J connectivity index is 2.02. The van der Waals surface area contributed by atoms with E-state index in [-0.39, 0.29) is 0 Å². The average molecular weight is 376 g/mol. The Morgan fingerprint density at radius 3 is 2.25 bits per heavy atom. The molecule has 0 radical (unpaired) electrons. The molecule has 0 aliphatic carbocycles. The zero-order valence-electron chi connectivity index (χ0n) is 15.9. The van der Waals surface area contributed by atoms with Gasteiger partial charge in [0.1, 0.15) is 5.75 Å². The number of rotatable bonds is 4. The maximum Gasteiger partial charge on any atom is 0.339 e. The first-order chi connectivity index (χ1) is 13.6. The number of ether oxygens (including phenoxy) is 4. The Labute approximate surface area is 163 Å². The van der Waals surface area contributed by atoms with E-state index in [0.717, 1.165) is 21.9 Å². The number of carbonyl (C=O) groups excluding carboxylic acids is 1. The molecule has 0 aromatic heterocycles. The van der Waals surface area contributed by atoms with Crippen LogP contribution in [-0.2, 0) is 4.79 Å². The molecule has 0 amide bonds. The summed E-state index contributed by atoms with van der Waals surface area (Å²) in [5.74, 6) is 1.24. The third-order valence-electron chi connectivity index (χ3n) is 5.05. The van der Waals surface area contributed by atoms with E-state index in [0.29, 0.717) is 28.6 Å². The summed E-state index contributed by atoms with van der Waals surface area (Å²) in [4.78, 5) is 12.5. The van der Waals surface area contributed by atoms with Crippen LogP contribution >= 0.6 is 0 Å². The highest BCUT2D eigenvalue weighted by atomic mass is 16.5. The van der Waals surface area contributed by atoms with E-state index >= 15 is 0 Å². The maximum absolute atomic E-state index is 12.5. The molecule has 1 atom stereocenters. The topological polar surface area (TPSA) is 54.0 Å². The summed E-state index contributed by atoms with van der Waals surface area (Å²) in [6.45, 7) is 4.02. The molecule has 0 saturated carbocycles. The van der Waals surface area contributed by atoms with Crippen LogP contribution in [0.25, 0.3) is 10.8 Å². The fourth-order valence-electron chi connectivity index (χ4n) is 3.76. The van der Waals surface area contributed by atoms with Gasteiger partial charge in [-0.25, -0.2) is 4.79 Å². The molecule has 4 rings (SSSR count). The Morgan fingerprint density at radius 1 is 0.929 bits per heavy atom. The number of carbonyl (C=O) groups is 1. The van der Waals surface area contributed by atoms with Crippen molar-refractivity contribution in [3.63, 3.8) is 0 Å². The number of hydrogen-bond donors (Lipinski definition) is 0. The fraction of sp³-hybridized carbons (Fsp3) is 0.174. The number of hydrogen-bond acceptors (Lipinski definition) is 5. The van der Waals surface area contributed by atoms with Crippen LogP contribution in [0, 0.1) is 0 Å². The summed E-state index contributed by atoms with van der Waals surface area (Å²) >= 11 is 0. The van der Waals surface area contributed by atoms with Crippen LogP contribution in [0.1, 0.15) is 17.0 Å². The minimum absolute atomic E-state index is 0.359. The SMILES string of the molecule is C=C1C(=O)Oc2ccc3ccccc3c2C1c1cc(OC)c(OC)c(OC)c1. The predicted molar refractivity (Wildman–Crippen MR) is 107 cm³/mol. The molecular weight excluding hydrogens is 356 g/mol. The lowest BCUT2D eigenvalue weighted by Crippen LogP contribution is -2.24. The minimum atomic E-state index is -0.443. The molecule has 0 bridgehead atoms. The summed E-state index contributed by atoms with van der Waals surface area (Å²) in [6.07, 6.45) is 0. The standard InChI is InChI=1S/C23H20O5/c1-13-20(15-11-18(25-2)22(27-4)19(12-15)26-3)21-16-8-6-5-7-14(16)9-10-17(21)28-23(13)24/h5-12,20H,1H2,2-4H3. The van der Waals surface area contributed by atoms with Gasteiger partial charge in [-0.15, -0.1) is 0 Å². The predicted octanol–water partition coefficient (Wildman–Crippen LogP) is 4.47. The van der Waals surface area contributed by atoms with Crippen LogP contribution < -0.4 is 18.9 Å². The van der Waals surface area contributed by atoms with E-state index in [9.17, 15) is 4.79 Å². The summed E-state index contributed by atoms with van der Waals surface area (Å²) in [5.41, 5.74) is 2.07. The molecule has 0 N–H and O–H groups in total. The smallest absolute Gasteiger partial charge is 0.339 e. The van der Waals surface area contributed by atoms with Gasteiger partial charge in [-0.1, -0.05) is 36.9 Å². The zero-order chi connectivity index (χ0) is 19.8. The average Bonchev–Trinajstić information content (AvgIpc) is 2.73. The van der Waals surface area contributed by atoms with Crippen molar-refractivity contribution in [3.8, 4) is 23.0 Å². The van der Waals surface area contributed by atoms with Crippen LogP contribution in [0.5, 0.6) is 23.0 Å². The summed E-state index contributed by atoms with van der Waals surface area (Å²) in [5, 5.41) is 2.07. The molecule has 0 fully saturated rings. The van der Waals surface area contributed by atoms with Crippen molar-refractivity contribution in [2.24, 2.45) is 0 Å². The van der Waals surface area contributed by atoms with E-state index in [2.05, 4.69) is 6.58 Å². The molecule has 0 spiro atoms. The Hall–Kier alpha value is -3.47. The van der Waals surface area contributed by atoms with Crippen LogP contribution in [0.4, 0.5) is 0 Å². The first-order valence-electron chi connectivity index (χ1n) is 8.81. The molecule has 1 unspecified atom stereocenters. The third kappa shape index (κ3) is 2.67. The van der Waals surface area contributed by atoms with E-state index in [1.165, 1.54) is 0 Å². The van der Waals surface area contributed by atoms with E-state index < -0.39 is 11.9 Å². The molecular formula is C23H20O5. The van der Waals surface area contributed by atoms with Gasteiger partial charge in [-0.2, -0.15) is 0 Å². The molecule has 142 valence electrons. The maximum atomic E-state index is 12.5. The molecule has 5 heteroatoms. The Kier molecular flexibility index (Phi) is 4.43. The molecule has 3 aromatic rings. The highest BCUT2D eigenvalue weighted by molar-refractivity contribution is 5.99. The van der Waals surface area contributed by atoms with Crippen molar-refractivity contribution in [1.82, 2.24) is 0 Å². The second-order valence-electron chi connectivity index (χ2n) is 6.50. The van der Waals surface area contributed by atoms with Crippen molar-refractivity contribution < 1.29 is 23.7 Å². The lowest BCUT2D eigenvalue weighted by atomic mass is 9.81. The van der Waals surface area contributed by atoms with Gasteiger partial charge in [0.05, 0.1) is 21.3 Å². The number of fused-ring (bicyclic) bond motifs is 3. The first kappa shape index (κ1) is 17.9. The summed E-state index contributed by atoms with van der Waals surface area (Å²) in [7, 11) is 4.68. The Bertz CT molecular complexity index is 1070. The van der Waals surface area contributed by atoms with Gasteiger partial charge in [0, 0.05) is 17.1 Å². The van der Waals surface area contributed by atoms with Crippen LogP contribution in [-0.4, -0.2) is 27.3 Å². The molecule has 5 nitrogen and oxygen atoms in total. The molecule has 1 aliphatic heterocycles. The van der Waals surface area contributed by atoms with Crippen molar-refractivity contribution in [2.45, 2.75) is 5.92 Å². The van der Waals surface area contributed by atoms with Gasteiger partial charge < -0.3 is 18.9 Å². The second-order valence-corrected chi connectivity index (χ2v) is 6.50. The third-order valence-corrected chi connectivity index (χ3v) is 5.05. The monoisotopic (exact) mass is 376 g/mol. The lowest BCUT2D eigenvalue weighted by Gasteiger charge is -2.29. The van der Waals surface area contributed by atoms with Gasteiger partial charge in [-0.3, -0.25) is 0 Å². The Morgan fingerprint density at radius 2 is 1.61 bits per heavy atom. The largest absolute Gasteiger partial charge is 0.493 e. The second kappa shape index (κ2) is 6.93. The summed E-state index contributed by atoms with van der Waals surface area (Å²) < 4.78 is 22.0. The van der Waals surface area contributed by atoms with Crippen LogP contribution in [0.2, 0.25) is 0 Å². The number of methoxy groups -OCH3 is 3. The first-order valence-corrected chi connectivity index (χ1v) is 8.81. The van der Waals surface area contributed by atoms with Crippen molar-refractivity contribution >= 4 is 16.7 Å². The van der Waals surface area contributed by atoms with Gasteiger partial charge in [0.15, 0.2) is 11.5 Å². The highest BCUT2D eigenvalue weighted by Gasteiger charge is 2.35. The van der Waals surface area contributed by atoms with Crippen LogP contribution in [0.3, 0.4) is 0 Å². The minimum Gasteiger partial charge on any atom is -0.493 e. The molecule has 1 aliphatic rings. The van der Waals surface area contributed by atoms with Gasteiger partial charge in [0.25, 0.3) is 0 Å². The van der Waals surface area contributed by atoms with Crippen molar-refractivity contribution in [3.05, 3.63) is 71.8 Å². The molecule has 3 aromatic carbocycles. The summed E-state index contributed by atoms with van der Waals surface area (Å²) in [6, 6.07) is 15.5. The van der Waals surface area contributed by atoms with Gasteiger partial charge >= 0.3 is 5.97 Å². The zero-order valence-corrected chi connectivity index (χ0v) is 15.9. The quantitative estimate of drug-likeness (QED) is 0.382. The van der Waals surface area contributed by atoms with Crippen molar-refractivity contribution in [1.29, 1.82) is 0 Å². The van der Waals surface area contributed by atoms with Gasteiger partial charge in [0.2, 0.25) is 5.75 Å². The van der Waals surface area contributed by atoms with E-state index in [1.54, 1.807) is 21.3 Å². The molecule has 0 saturated heterocycles. The molecule has 1 heterocycles. The lowest BCUT2D eigenvalue weighted by molar-refractivity contribution is -0.131. The van der Waals surface area contributed by atoms with E-state index in [1.807, 2.05) is 48.5 Å². The normalized spacial score (nSPS) is 15.8. The van der Waals surface area contributed by atoms with Gasteiger partial charge in [-0.05, 0) is 34.5 Å². The number of esters is 1. The fourth-order valence-corrected chi connectivity index (χ4v) is 3.76. The van der Waals surface area contributed by atoms with Crippen molar-refractivity contribution in [2.75, 3.05) is 21.3 Å². The molecule has 28 heavy (non-hydrogen) atoms. The van der Waals surface area contributed by atoms with E-state index in [4.69, 9.17) is 18.9 Å².